The van der Waals surface area contributed by atoms with Crippen LogP contribution in [0.5, 0.6) is 11.5 Å². The second kappa shape index (κ2) is 2.97. The first-order valence-electron chi connectivity index (χ1n) is 5.67. The normalized spacial score (nSPS) is 27.1. The maximum Gasteiger partial charge on any atom is 0.141 e. The van der Waals surface area contributed by atoms with Gasteiger partial charge in [-0.15, -0.1) is 0 Å². The zero-order valence-electron chi connectivity index (χ0n) is 9.51. The molecule has 2 atom stereocenters. The van der Waals surface area contributed by atoms with Gasteiger partial charge in [0.1, 0.15) is 11.5 Å². The zero-order valence-corrected chi connectivity index (χ0v) is 9.51. The highest BCUT2D eigenvalue weighted by molar-refractivity contribution is 5.75. The summed E-state index contributed by atoms with van der Waals surface area (Å²) in [5.74, 6) is 0.521. The highest BCUT2D eigenvalue weighted by atomic mass is 16.3. The largest absolute Gasteiger partial charge is 0.506 e. The van der Waals surface area contributed by atoms with Crippen LogP contribution in [0.15, 0.2) is 12.1 Å². The Hall–Kier alpha value is -1.58. The first-order valence-corrected chi connectivity index (χ1v) is 5.67. The summed E-state index contributed by atoms with van der Waals surface area (Å²) in [4.78, 5) is 4.12. The summed E-state index contributed by atoms with van der Waals surface area (Å²) in [7, 11) is 0. The lowest BCUT2D eigenvalue weighted by atomic mass is 10.2. The van der Waals surface area contributed by atoms with Gasteiger partial charge >= 0.3 is 0 Å². The number of anilines is 2. The van der Waals surface area contributed by atoms with Gasteiger partial charge in [0.25, 0.3) is 0 Å². The summed E-state index contributed by atoms with van der Waals surface area (Å²) in [5, 5.41) is 19.9. The van der Waals surface area contributed by atoms with Crippen molar-refractivity contribution in [2.24, 2.45) is 0 Å². The Kier molecular flexibility index (Phi) is 1.79. The molecule has 2 unspecified atom stereocenters. The van der Waals surface area contributed by atoms with Gasteiger partial charge in [0, 0.05) is 37.3 Å². The van der Waals surface area contributed by atoms with E-state index in [2.05, 4.69) is 23.6 Å². The Morgan fingerprint density at radius 2 is 1.25 bits per heavy atom. The van der Waals surface area contributed by atoms with Gasteiger partial charge in [0.2, 0.25) is 0 Å². The minimum atomic E-state index is 0.260. The summed E-state index contributed by atoms with van der Waals surface area (Å²) >= 11 is 0. The van der Waals surface area contributed by atoms with Crippen molar-refractivity contribution in [1.82, 2.24) is 0 Å². The molecule has 4 nitrogen and oxygen atoms in total. The molecule has 0 saturated carbocycles. The SMILES string of the molecule is CC1CN1c1cc(O)c(N2CC2C)cc1O. The second-order valence-electron chi connectivity index (χ2n) is 4.83. The Balaban J connectivity index is 1.95. The fourth-order valence-electron chi connectivity index (χ4n) is 2.16. The van der Waals surface area contributed by atoms with E-state index < -0.39 is 0 Å². The van der Waals surface area contributed by atoms with E-state index in [-0.39, 0.29) is 11.5 Å². The van der Waals surface area contributed by atoms with Gasteiger partial charge in [-0.25, -0.2) is 0 Å². The molecule has 0 aliphatic carbocycles. The van der Waals surface area contributed by atoms with Crippen molar-refractivity contribution in [3.8, 4) is 11.5 Å². The van der Waals surface area contributed by atoms with E-state index >= 15 is 0 Å². The molecule has 0 radical (unpaired) electrons. The van der Waals surface area contributed by atoms with Gasteiger partial charge < -0.3 is 20.0 Å². The number of phenols is 2. The first kappa shape index (κ1) is 9.63. The first-order chi connectivity index (χ1) is 7.58. The quantitative estimate of drug-likeness (QED) is 0.586. The van der Waals surface area contributed by atoms with Crippen molar-refractivity contribution in [1.29, 1.82) is 0 Å². The molecule has 0 amide bonds. The van der Waals surface area contributed by atoms with E-state index in [1.165, 1.54) is 0 Å². The number of benzene rings is 1. The van der Waals surface area contributed by atoms with Crippen LogP contribution in [0.1, 0.15) is 13.8 Å². The van der Waals surface area contributed by atoms with E-state index in [4.69, 9.17) is 0 Å². The van der Waals surface area contributed by atoms with E-state index in [9.17, 15) is 10.2 Å². The van der Waals surface area contributed by atoms with Crippen molar-refractivity contribution >= 4 is 11.4 Å². The van der Waals surface area contributed by atoms with Crippen LogP contribution in [-0.4, -0.2) is 35.4 Å². The molecule has 0 aromatic heterocycles. The fourth-order valence-corrected chi connectivity index (χ4v) is 2.16. The number of aromatic hydroxyl groups is 2. The lowest BCUT2D eigenvalue weighted by molar-refractivity contribution is 0.462. The molecule has 4 heteroatoms. The standard InChI is InChI=1S/C12H16N2O2/c1-7-5-13(7)9-3-12(16)10(4-11(9)15)14-6-8(14)2/h3-4,7-8,15-16H,5-6H2,1-2H3. The average Bonchev–Trinajstić information content (AvgIpc) is 3.10. The molecule has 2 aliphatic heterocycles. The molecular weight excluding hydrogens is 204 g/mol. The number of hydrogen-bond donors (Lipinski definition) is 2. The zero-order chi connectivity index (χ0) is 11.4. The maximum absolute atomic E-state index is 9.93. The number of hydrogen-bond acceptors (Lipinski definition) is 4. The topological polar surface area (TPSA) is 46.5 Å². The van der Waals surface area contributed by atoms with Crippen LogP contribution in [-0.2, 0) is 0 Å². The lowest BCUT2D eigenvalue weighted by Gasteiger charge is -2.12. The van der Waals surface area contributed by atoms with Crippen LogP contribution >= 0.6 is 0 Å². The van der Waals surface area contributed by atoms with Crippen LogP contribution in [0.3, 0.4) is 0 Å². The van der Waals surface area contributed by atoms with Crippen molar-refractivity contribution in [3.63, 3.8) is 0 Å². The maximum atomic E-state index is 9.93. The van der Waals surface area contributed by atoms with Crippen molar-refractivity contribution in [3.05, 3.63) is 12.1 Å². The molecule has 2 heterocycles. The minimum absolute atomic E-state index is 0.260. The number of nitrogens with zero attached hydrogens (tertiary/aromatic N) is 2. The van der Waals surface area contributed by atoms with Gasteiger partial charge in [-0.2, -0.15) is 0 Å². The molecule has 0 bridgehead atoms. The average molecular weight is 220 g/mol. The van der Waals surface area contributed by atoms with E-state index in [0.29, 0.717) is 12.1 Å². The molecule has 2 N–H and O–H groups in total. The van der Waals surface area contributed by atoms with E-state index in [1.807, 2.05) is 0 Å². The Morgan fingerprint density at radius 1 is 0.938 bits per heavy atom. The van der Waals surface area contributed by atoms with Crippen molar-refractivity contribution < 1.29 is 10.2 Å². The number of phenolic OH excluding ortho intramolecular Hbond substituents is 2. The third-order valence-corrected chi connectivity index (χ3v) is 3.41. The highest BCUT2D eigenvalue weighted by Gasteiger charge is 2.35. The molecule has 2 saturated heterocycles. The molecule has 86 valence electrons. The second-order valence-corrected chi connectivity index (χ2v) is 4.83. The fraction of sp³-hybridized carbons (Fsp3) is 0.500. The molecule has 1 aromatic rings. The van der Waals surface area contributed by atoms with Crippen LogP contribution in [0, 0.1) is 0 Å². The van der Waals surface area contributed by atoms with Crippen LogP contribution in [0.25, 0.3) is 0 Å². The minimum Gasteiger partial charge on any atom is -0.506 e. The highest BCUT2D eigenvalue weighted by Crippen LogP contribution is 2.45. The number of rotatable bonds is 2. The predicted octanol–water partition coefficient (Wildman–Crippen LogP) is 1.51. The van der Waals surface area contributed by atoms with E-state index in [0.717, 1.165) is 24.5 Å². The summed E-state index contributed by atoms with van der Waals surface area (Å²) in [6.07, 6.45) is 0. The van der Waals surface area contributed by atoms with Gasteiger partial charge in [0.05, 0.1) is 11.4 Å². The lowest BCUT2D eigenvalue weighted by Crippen LogP contribution is -1.99. The summed E-state index contributed by atoms with van der Waals surface area (Å²) in [6, 6.07) is 4.27. The van der Waals surface area contributed by atoms with Crippen LogP contribution < -0.4 is 9.80 Å². The molecule has 0 spiro atoms. The van der Waals surface area contributed by atoms with Gasteiger partial charge in [-0.1, -0.05) is 0 Å². The molecular formula is C12H16N2O2. The molecule has 2 fully saturated rings. The summed E-state index contributed by atoms with van der Waals surface area (Å²) in [5.41, 5.74) is 1.48. The predicted molar refractivity (Wildman–Crippen MR) is 63.4 cm³/mol. The van der Waals surface area contributed by atoms with Gasteiger partial charge in [-0.05, 0) is 13.8 Å². The van der Waals surface area contributed by atoms with Crippen LogP contribution in [0.4, 0.5) is 11.4 Å². The van der Waals surface area contributed by atoms with Gasteiger partial charge in [0.15, 0.2) is 0 Å². The van der Waals surface area contributed by atoms with Crippen LogP contribution in [0.2, 0.25) is 0 Å². The van der Waals surface area contributed by atoms with E-state index in [1.54, 1.807) is 12.1 Å². The molecule has 2 aliphatic rings. The summed E-state index contributed by atoms with van der Waals surface area (Å²) in [6.45, 7) is 6.09. The third kappa shape index (κ3) is 1.37. The molecule has 16 heavy (non-hydrogen) atoms. The summed E-state index contributed by atoms with van der Waals surface area (Å²) < 4.78 is 0. The van der Waals surface area contributed by atoms with Crippen molar-refractivity contribution in [2.45, 2.75) is 25.9 Å². The monoisotopic (exact) mass is 220 g/mol. The molecule has 3 rings (SSSR count). The molecule has 1 aromatic carbocycles. The van der Waals surface area contributed by atoms with Crippen molar-refractivity contribution in [2.75, 3.05) is 22.9 Å². The van der Waals surface area contributed by atoms with Gasteiger partial charge in [-0.3, -0.25) is 0 Å². The Morgan fingerprint density at radius 3 is 1.50 bits per heavy atom. The third-order valence-electron chi connectivity index (χ3n) is 3.41. The Labute approximate surface area is 94.7 Å². The Bertz CT molecular complexity index is 405. The smallest absolute Gasteiger partial charge is 0.141 e.